The summed E-state index contributed by atoms with van der Waals surface area (Å²) < 4.78 is 0. The average molecular weight is 496 g/mol. The fraction of sp³-hybridized carbons (Fsp3) is 0.346. The number of aromatic amines is 2. The normalized spacial score (nSPS) is 19.1. The number of benzene rings is 2. The molecule has 34 heavy (non-hydrogen) atoms. The number of hydrogen-bond donors (Lipinski definition) is 3. The molecular weight excluding hydrogens is 469 g/mol. The Hall–Kier alpha value is -2.51. The minimum absolute atomic E-state index is 0.0113. The largest absolute Gasteiger partial charge is 0.361 e. The van der Waals surface area contributed by atoms with Crippen molar-refractivity contribution in [1.29, 1.82) is 0 Å². The summed E-state index contributed by atoms with van der Waals surface area (Å²) in [7, 11) is 0. The highest BCUT2D eigenvalue weighted by atomic mass is 35.5. The molecule has 2 saturated heterocycles. The summed E-state index contributed by atoms with van der Waals surface area (Å²) in [5.41, 5.74) is 10.7. The first-order valence-corrected chi connectivity index (χ1v) is 12.5. The summed E-state index contributed by atoms with van der Waals surface area (Å²) in [6.45, 7) is 3.44. The van der Waals surface area contributed by atoms with E-state index in [4.69, 9.17) is 28.9 Å². The van der Waals surface area contributed by atoms with Crippen LogP contribution in [0.3, 0.4) is 0 Å². The predicted octanol–water partition coefficient (Wildman–Crippen LogP) is 5.22. The minimum atomic E-state index is -0.683. The molecule has 2 aromatic carbocycles. The molecule has 2 aliphatic rings. The molecule has 8 heteroatoms. The van der Waals surface area contributed by atoms with Gasteiger partial charge in [0, 0.05) is 81.5 Å². The number of nitrogens with zero attached hydrogens (tertiary/aromatic N) is 2. The van der Waals surface area contributed by atoms with Gasteiger partial charge in [-0.25, -0.2) is 0 Å². The number of likely N-dealkylation sites (tertiary alicyclic amines) is 2. The van der Waals surface area contributed by atoms with Gasteiger partial charge in [0.1, 0.15) is 6.04 Å². The monoisotopic (exact) mass is 495 g/mol. The van der Waals surface area contributed by atoms with Gasteiger partial charge in [-0.05, 0) is 55.2 Å². The maximum absolute atomic E-state index is 13.3. The van der Waals surface area contributed by atoms with Gasteiger partial charge in [0.25, 0.3) is 0 Å². The molecule has 1 spiro atoms. The molecule has 4 N–H and O–H groups in total. The van der Waals surface area contributed by atoms with Crippen LogP contribution in [0, 0.1) is 0 Å². The van der Waals surface area contributed by atoms with Crippen LogP contribution in [-0.4, -0.2) is 50.8 Å². The number of halogens is 2. The van der Waals surface area contributed by atoms with Crippen molar-refractivity contribution in [3.8, 4) is 0 Å². The zero-order valence-corrected chi connectivity index (χ0v) is 20.3. The van der Waals surface area contributed by atoms with Gasteiger partial charge < -0.3 is 20.6 Å². The second-order valence-electron chi connectivity index (χ2n) is 9.64. The van der Waals surface area contributed by atoms with Crippen molar-refractivity contribution in [3.05, 3.63) is 70.0 Å². The quantitative estimate of drug-likeness (QED) is 0.362. The Labute approximate surface area is 208 Å². The van der Waals surface area contributed by atoms with Crippen LogP contribution in [0.5, 0.6) is 0 Å². The molecular formula is C26H27Cl2N5O. The summed E-state index contributed by atoms with van der Waals surface area (Å²) in [5, 5.41) is 3.55. The van der Waals surface area contributed by atoms with Crippen molar-refractivity contribution in [2.45, 2.75) is 37.4 Å². The summed E-state index contributed by atoms with van der Waals surface area (Å²) in [5.74, 6) is -0.0113. The molecule has 0 unspecified atom stereocenters. The molecule has 1 atom stereocenters. The number of piperidine rings is 1. The van der Waals surface area contributed by atoms with Gasteiger partial charge in [0.05, 0.1) is 0 Å². The maximum Gasteiger partial charge on any atom is 0.244 e. The van der Waals surface area contributed by atoms with Gasteiger partial charge in [-0.1, -0.05) is 29.3 Å². The lowest BCUT2D eigenvalue weighted by Gasteiger charge is -2.56. The van der Waals surface area contributed by atoms with Crippen LogP contribution in [0.4, 0.5) is 0 Å². The molecule has 0 bridgehead atoms. The number of H-pyrrole nitrogens is 2. The summed E-state index contributed by atoms with van der Waals surface area (Å²) in [6, 6.07) is 10.9. The smallest absolute Gasteiger partial charge is 0.244 e. The van der Waals surface area contributed by atoms with E-state index < -0.39 is 6.04 Å². The van der Waals surface area contributed by atoms with Crippen LogP contribution >= 0.6 is 23.2 Å². The first-order chi connectivity index (χ1) is 16.4. The standard InChI is InChI=1S/C26H27Cl2N5O/c27-17-2-4-22-20(11-17)16(13-30-22)15-33-10-7-26(33)5-8-32(9-6-26)25(34)24(29)21-14-31-23-12-18(28)1-3-19(21)23/h1-4,11-14,24,30-31H,5-10,15,29H2/t24-/m0/s1. The molecule has 176 valence electrons. The zero-order valence-electron chi connectivity index (χ0n) is 18.8. The molecule has 0 saturated carbocycles. The van der Waals surface area contributed by atoms with Crippen LogP contribution in [0.1, 0.15) is 36.4 Å². The number of nitrogens with one attached hydrogen (secondary N) is 2. The van der Waals surface area contributed by atoms with Crippen molar-refractivity contribution >= 4 is 50.9 Å². The molecule has 6 nitrogen and oxygen atoms in total. The number of rotatable bonds is 4. The third kappa shape index (κ3) is 3.60. The van der Waals surface area contributed by atoms with Crippen LogP contribution in [0.2, 0.25) is 10.0 Å². The van der Waals surface area contributed by atoms with E-state index in [1.54, 1.807) is 0 Å². The topological polar surface area (TPSA) is 81.2 Å². The molecule has 2 aliphatic heterocycles. The number of amides is 1. The van der Waals surface area contributed by atoms with Gasteiger partial charge in [-0.3, -0.25) is 9.69 Å². The lowest BCUT2D eigenvalue weighted by atomic mass is 9.76. The molecule has 1 amide bonds. The number of fused-ring (bicyclic) bond motifs is 2. The summed E-state index contributed by atoms with van der Waals surface area (Å²) in [6.07, 6.45) is 7.04. The third-order valence-corrected chi connectivity index (χ3v) is 8.36. The number of hydrogen-bond acceptors (Lipinski definition) is 3. The maximum atomic E-state index is 13.3. The Morgan fingerprint density at radius 3 is 2.41 bits per heavy atom. The van der Waals surface area contributed by atoms with Crippen LogP contribution in [-0.2, 0) is 11.3 Å². The Kier molecular flexibility index (Phi) is 5.37. The zero-order chi connectivity index (χ0) is 23.4. The first kappa shape index (κ1) is 22.0. The molecule has 4 heterocycles. The molecule has 0 radical (unpaired) electrons. The molecule has 0 aliphatic carbocycles. The molecule has 2 aromatic heterocycles. The third-order valence-electron chi connectivity index (χ3n) is 7.89. The highest BCUT2D eigenvalue weighted by Gasteiger charge is 2.47. The van der Waals surface area contributed by atoms with Crippen molar-refractivity contribution in [2.24, 2.45) is 5.73 Å². The van der Waals surface area contributed by atoms with Crippen LogP contribution < -0.4 is 5.73 Å². The van der Waals surface area contributed by atoms with Crippen molar-refractivity contribution in [3.63, 3.8) is 0 Å². The highest BCUT2D eigenvalue weighted by molar-refractivity contribution is 6.31. The van der Waals surface area contributed by atoms with Gasteiger partial charge in [-0.2, -0.15) is 0 Å². The second kappa shape index (κ2) is 8.31. The van der Waals surface area contributed by atoms with E-state index in [1.165, 1.54) is 17.4 Å². The second-order valence-corrected chi connectivity index (χ2v) is 10.5. The van der Waals surface area contributed by atoms with Crippen molar-refractivity contribution in [2.75, 3.05) is 19.6 Å². The Morgan fingerprint density at radius 1 is 0.941 bits per heavy atom. The molecule has 6 rings (SSSR count). The number of nitrogens with two attached hydrogens (primary N) is 1. The SMILES string of the molecule is N[C@H](C(=O)N1CCC2(CC1)CCN2Cc1c[nH]c2ccc(Cl)cc12)c1c[nH]c2cc(Cl)ccc12. The van der Waals surface area contributed by atoms with E-state index in [0.29, 0.717) is 5.02 Å². The number of carbonyl (C=O) groups excluding carboxylic acids is 1. The lowest BCUT2D eigenvalue weighted by Crippen LogP contribution is -2.64. The minimum Gasteiger partial charge on any atom is -0.361 e. The van der Waals surface area contributed by atoms with E-state index >= 15 is 0 Å². The molecule has 4 aromatic rings. The van der Waals surface area contributed by atoms with E-state index in [1.807, 2.05) is 47.5 Å². The van der Waals surface area contributed by atoms with Gasteiger partial charge in [0.2, 0.25) is 5.91 Å². The Balaban J connectivity index is 1.13. The Morgan fingerprint density at radius 2 is 1.65 bits per heavy atom. The van der Waals surface area contributed by atoms with Gasteiger partial charge >= 0.3 is 0 Å². The average Bonchev–Trinajstić information content (AvgIpc) is 3.44. The predicted molar refractivity (Wildman–Crippen MR) is 137 cm³/mol. The van der Waals surface area contributed by atoms with E-state index in [0.717, 1.165) is 66.0 Å². The van der Waals surface area contributed by atoms with Gasteiger partial charge in [0.15, 0.2) is 0 Å². The Bertz CT molecular complexity index is 1380. The fourth-order valence-electron chi connectivity index (χ4n) is 5.74. The fourth-order valence-corrected chi connectivity index (χ4v) is 6.08. The van der Waals surface area contributed by atoms with Crippen molar-refractivity contribution in [1.82, 2.24) is 19.8 Å². The van der Waals surface area contributed by atoms with Gasteiger partial charge in [-0.15, -0.1) is 0 Å². The summed E-state index contributed by atoms with van der Waals surface area (Å²) >= 11 is 12.3. The highest BCUT2D eigenvalue weighted by Crippen LogP contribution is 2.42. The summed E-state index contributed by atoms with van der Waals surface area (Å²) in [4.78, 5) is 24.3. The molecule has 2 fully saturated rings. The number of carbonyl (C=O) groups is 1. The first-order valence-electron chi connectivity index (χ1n) is 11.7. The van der Waals surface area contributed by atoms with Crippen LogP contribution in [0.15, 0.2) is 48.8 Å². The number of aromatic nitrogens is 2. The van der Waals surface area contributed by atoms with E-state index in [-0.39, 0.29) is 11.4 Å². The van der Waals surface area contributed by atoms with Crippen molar-refractivity contribution < 1.29 is 4.79 Å². The van der Waals surface area contributed by atoms with Crippen LogP contribution in [0.25, 0.3) is 21.8 Å². The lowest BCUT2D eigenvalue weighted by molar-refractivity contribution is -0.138. The van der Waals surface area contributed by atoms with E-state index in [9.17, 15) is 4.79 Å². The van der Waals surface area contributed by atoms with E-state index in [2.05, 4.69) is 21.1 Å².